The number of pyridine rings is 1. The molecule has 7 nitrogen and oxygen atoms in total. The highest BCUT2D eigenvalue weighted by molar-refractivity contribution is 5.97. The SMILES string of the molecule is Cl.Cl.O=C1NC=C(C(=O)NCCCN2CCC(c3ccccn3)CC2)C(c2ccc(F)c(F)c2)N1. The number of nitrogens with one attached hydrogen (secondary N) is 3. The summed E-state index contributed by atoms with van der Waals surface area (Å²) in [6.45, 7) is 3.33. The molecule has 3 heterocycles. The molecule has 3 N–H and O–H groups in total. The minimum absolute atomic E-state index is 0. The summed E-state index contributed by atoms with van der Waals surface area (Å²) in [5.41, 5.74) is 1.68. The van der Waals surface area contributed by atoms with Crippen LogP contribution in [0.1, 0.15) is 42.5 Å². The van der Waals surface area contributed by atoms with Crippen LogP contribution in [0.25, 0.3) is 0 Å². The monoisotopic (exact) mass is 527 g/mol. The Kier molecular flexibility index (Phi) is 10.9. The van der Waals surface area contributed by atoms with Gasteiger partial charge in [-0.05, 0) is 68.7 Å². The van der Waals surface area contributed by atoms with Crippen molar-refractivity contribution in [2.45, 2.75) is 31.2 Å². The highest BCUT2D eigenvalue weighted by Crippen LogP contribution is 2.27. The molecule has 190 valence electrons. The number of nitrogens with zero attached hydrogens (tertiary/aromatic N) is 2. The van der Waals surface area contributed by atoms with Crippen molar-refractivity contribution < 1.29 is 18.4 Å². The first-order chi connectivity index (χ1) is 16.0. The fourth-order valence-corrected chi connectivity index (χ4v) is 4.31. The number of aromatic nitrogens is 1. The van der Waals surface area contributed by atoms with E-state index in [0.29, 0.717) is 18.0 Å². The second kappa shape index (κ2) is 13.4. The molecule has 0 spiro atoms. The third kappa shape index (κ3) is 7.37. The Labute approximate surface area is 215 Å². The van der Waals surface area contributed by atoms with Gasteiger partial charge in [0.15, 0.2) is 11.6 Å². The molecule has 1 aromatic carbocycles. The largest absolute Gasteiger partial charge is 0.352 e. The van der Waals surface area contributed by atoms with Crippen molar-refractivity contribution in [2.75, 3.05) is 26.2 Å². The van der Waals surface area contributed by atoms with Crippen LogP contribution in [0.15, 0.2) is 54.4 Å². The Morgan fingerprint density at radius 2 is 1.89 bits per heavy atom. The van der Waals surface area contributed by atoms with Gasteiger partial charge in [0.05, 0.1) is 11.6 Å². The van der Waals surface area contributed by atoms with Crippen molar-refractivity contribution in [3.8, 4) is 0 Å². The molecule has 11 heteroatoms. The summed E-state index contributed by atoms with van der Waals surface area (Å²) >= 11 is 0. The summed E-state index contributed by atoms with van der Waals surface area (Å²) in [6.07, 6.45) is 6.06. The first kappa shape index (κ1) is 28.5. The molecule has 0 radical (unpaired) electrons. The predicted octanol–water partition coefficient (Wildman–Crippen LogP) is 3.83. The van der Waals surface area contributed by atoms with Crippen molar-refractivity contribution in [1.29, 1.82) is 0 Å². The van der Waals surface area contributed by atoms with Gasteiger partial charge in [0.1, 0.15) is 0 Å². The number of amides is 3. The van der Waals surface area contributed by atoms with Gasteiger partial charge in [-0.25, -0.2) is 13.6 Å². The summed E-state index contributed by atoms with van der Waals surface area (Å²) in [5.74, 6) is -1.90. The van der Waals surface area contributed by atoms with Gasteiger partial charge in [0.25, 0.3) is 5.91 Å². The van der Waals surface area contributed by atoms with E-state index in [0.717, 1.165) is 56.7 Å². The summed E-state index contributed by atoms with van der Waals surface area (Å²) in [4.78, 5) is 31.3. The van der Waals surface area contributed by atoms with E-state index in [9.17, 15) is 18.4 Å². The van der Waals surface area contributed by atoms with Gasteiger partial charge in [0, 0.05) is 30.6 Å². The summed E-state index contributed by atoms with van der Waals surface area (Å²) in [5, 5.41) is 7.90. The zero-order valence-electron chi connectivity index (χ0n) is 19.0. The van der Waals surface area contributed by atoms with E-state index in [1.807, 2.05) is 18.3 Å². The maximum Gasteiger partial charge on any atom is 0.319 e. The van der Waals surface area contributed by atoms with Gasteiger partial charge in [-0.3, -0.25) is 9.78 Å². The molecule has 0 bridgehead atoms. The van der Waals surface area contributed by atoms with Crippen LogP contribution in [-0.2, 0) is 4.79 Å². The van der Waals surface area contributed by atoms with Crippen molar-refractivity contribution in [3.05, 3.63) is 77.3 Å². The number of benzene rings is 1. The van der Waals surface area contributed by atoms with Crippen molar-refractivity contribution in [2.24, 2.45) is 0 Å². The molecular weight excluding hydrogens is 499 g/mol. The highest BCUT2D eigenvalue weighted by atomic mass is 35.5. The molecule has 1 aromatic heterocycles. The Morgan fingerprint density at radius 3 is 2.57 bits per heavy atom. The molecule has 0 aliphatic carbocycles. The number of rotatable bonds is 7. The third-order valence-corrected chi connectivity index (χ3v) is 6.11. The average molecular weight is 528 g/mol. The first-order valence-corrected chi connectivity index (χ1v) is 11.1. The van der Waals surface area contributed by atoms with Crippen LogP contribution in [0.3, 0.4) is 0 Å². The molecule has 2 aliphatic rings. The van der Waals surface area contributed by atoms with Crippen LogP contribution in [0.5, 0.6) is 0 Å². The average Bonchev–Trinajstić information content (AvgIpc) is 2.84. The van der Waals surface area contributed by atoms with E-state index < -0.39 is 23.7 Å². The Morgan fingerprint density at radius 1 is 1.11 bits per heavy atom. The minimum Gasteiger partial charge on any atom is -0.352 e. The van der Waals surface area contributed by atoms with Gasteiger partial charge in [-0.1, -0.05) is 12.1 Å². The molecule has 35 heavy (non-hydrogen) atoms. The van der Waals surface area contributed by atoms with E-state index in [4.69, 9.17) is 0 Å². The number of likely N-dealkylation sites (tertiary alicyclic amines) is 1. The molecule has 3 amide bonds. The molecule has 2 aliphatic heterocycles. The van der Waals surface area contributed by atoms with E-state index in [-0.39, 0.29) is 36.3 Å². The van der Waals surface area contributed by atoms with Crippen LogP contribution < -0.4 is 16.0 Å². The predicted molar refractivity (Wildman–Crippen MR) is 134 cm³/mol. The highest BCUT2D eigenvalue weighted by Gasteiger charge is 2.28. The van der Waals surface area contributed by atoms with Crippen LogP contribution >= 0.6 is 24.8 Å². The lowest BCUT2D eigenvalue weighted by Gasteiger charge is -2.31. The van der Waals surface area contributed by atoms with Crippen molar-refractivity contribution in [3.63, 3.8) is 0 Å². The smallest absolute Gasteiger partial charge is 0.319 e. The molecular formula is C24H29Cl2F2N5O2. The standard InChI is InChI=1S/C24H27F2N5O2.2ClH/c25-19-6-5-17(14-20(19)26)22-18(15-29-24(33)30-22)23(32)28-10-3-11-31-12-7-16(8-13-31)21-4-1-2-9-27-21;;/h1-2,4-6,9,14-16,22H,3,7-8,10-13H2,(H,28,32)(H2,29,30,33);2*1H. The van der Waals surface area contributed by atoms with Crippen LogP contribution in [0.2, 0.25) is 0 Å². The molecule has 2 aromatic rings. The van der Waals surface area contributed by atoms with Crippen molar-refractivity contribution in [1.82, 2.24) is 25.8 Å². The fourth-order valence-electron chi connectivity index (χ4n) is 4.31. The lowest BCUT2D eigenvalue weighted by Crippen LogP contribution is -2.45. The Balaban J connectivity index is 0.00000216. The Bertz CT molecular complexity index is 1030. The number of halogens is 4. The lowest BCUT2D eigenvalue weighted by molar-refractivity contribution is -0.117. The number of piperidine rings is 1. The molecule has 0 saturated carbocycles. The van der Waals surface area contributed by atoms with E-state index in [1.54, 1.807) is 0 Å². The van der Waals surface area contributed by atoms with Crippen molar-refractivity contribution >= 4 is 36.8 Å². The van der Waals surface area contributed by atoms with Gasteiger partial charge in [-0.2, -0.15) is 0 Å². The Hall–Kier alpha value is -2.75. The molecule has 1 fully saturated rings. The first-order valence-electron chi connectivity index (χ1n) is 11.1. The minimum atomic E-state index is -1.04. The number of carbonyl (C=O) groups is 2. The maximum atomic E-state index is 13.7. The molecule has 1 unspecified atom stereocenters. The molecule has 1 atom stereocenters. The van der Waals surface area contributed by atoms with Crippen LogP contribution in [0.4, 0.5) is 13.6 Å². The van der Waals surface area contributed by atoms with Gasteiger partial charge in [-0.15, -0.1) is 24.8 Å². The molecule has 4 rings (SSSR count). The second-order valence-electron chi connectivity index (χ2n) is 8.30. The normalized spacial score (nSPS) is 18.3. The van der Waals surface area contributed by atoms with E-state index in [1.165, 1.54) is 12.3 Å². The zero-order chi connectivity index (χ0) is 23.2. The zero-order valence-corrected chi connectivity index (χ0v) is 20.6. The third-order valence-electron chi connectivity index (χ3n) is 6.11. The van der Waals surface area contributed by atoms with E-state index >= 15 is 0 Å². The van der Waals surface area contributed by atoms with Crippen LogP contribution in [0, 0.1) is 11.6 Å². The lowest BCUT2D eigenvalue weighted by atomic mass is 9.93. The van der Waals surface area contributed by atoms with Crippen LogP contribution in [-0.4, -0.2) is 48.0 Å². The van der Waals surface area contributed by atoms with Gasteiger partial charge >= 0.3 is 6.03 Å². The topological polar surface area (TPSA) is 86.4 Å². The van der Waals surface area contributed by atoms with Gasteiger partial charge in [0.2, 0.25) is 0 Å². The fraction of sp³-hybridized carbons (Fsp3) is 0.375. The number of carbonyl (C=O) groups excluding carboxylic acids is 2. The number of urea groups is 1. The number of hydrogen-bond donors (Lipinski definition) is 3. The number of hydrogen-bond acceptors (Lipinski definition) is 4. The summed E-state index contributed by atoms with van der Waals surface area (Å²) in [6, 6.07) is 7.98. The van der Waals surface area contributed by atoms with E-state index in [2.05, 4.69) is 31.9 Å². The molecule has 1 saturated heterocycles. The maximum absolute atomic E-state index is 13.7. The van der Waals surface area contributed by atoms with Gasteiger partial charge < -0.3 is 20.9 Å². The quantitative estimate of drug-likeness (QED) is 0.477. The summed E-state index contributed by atoms with van der Waals surface area (Å²) in [7, 11) is 0. The summed E-state index contributed by atoms with van der Waals surface area (Å²) < 4.78 is 27.0. The second-order valence-corrected chi connectivity index (χ2v) is 8.30.